The van der Waals surface area contributed by atoms with E-state index in [-0.39, 0.29) is 12.1 Å². The Morgan fingerprint density at radius 1 is 1.11 bits per heavy atom. The number of halogens is 3. The summed E-state index contributed by atoms with van der Waals surface area (Å²) in [6.07, 6.45) is -2.72. The summed E-state index contributed by atoms with van der Waals surface area (Å²) in [6, 6.07) is 7.32. The van der Waals surface area contributed by atoms with E-state index in [1.807, 2.05) is 0 Å². The van der Waals surface area contributed by atoms with E-state index in [4.69, 9.17) is 0 Å². The van der Waals surface area contributed by atoms with Gasteiger partial charge in [0.25, 0.3) is 0 Å². The summed E-state index contributed by atoms with van der Waals surface area (Å²) >= 11 is 0. The molecule has 0 aliphatic rings. The molecule has 18 heavy (non-hydrogen) atoms. The number of alkyl halides is 3. The van der Waals surface area contributed by atoms with Crippen molar-refractivity contribution in [2.45, 2.75) is 19.3 Å². The molecule has 0 bridgehead atoms. The third-order valence-corrected chi connectivity index (χ3v) is 2.51. The predicted octanol–water partition coefficient (Wildman–Crippen LogP) is 2.72. The van der Waals surface area contributed by atoms with Gasteiger partial charge < -0.3 is 5.32 Å². The van der Waals surface area contributed by atoms with Crippen LogP contribution in [0.25, 0.3) is 0 Å². The fourth-order valence-corrected chi connectivity index (χ4v) is 1.67. The van der Waals surface area contributed by atoms with Crippen LogP contribution in [0.5, 0.6) is 0 Å². The molecule has 2 rings (SSSR count). The van der Waals surface area contributed by atoms with Crippen molar-refractivity contribution in [3.8, 4) is 0 Å². The molecule has 0 radical (unpaired) electrons. The molecule has 0 atom stereocenters. The molecule has 0 aliphatic heterocycles. The second-order valence-electron chi connectivity index (χ2n) is 3.84. The minimum Gasteiger partial charge on any atom is -0.307 e. The molecule has 0 saturated heterocycles. The van der Waals surface area contributed by atoms with E-state index in [2.05, 4.69) is 15.5 Å². The third-order valence-electron chi connectivity index (χ3n) is 2.51. The minimum atomic E-state index is -4.31. The lowest BCUT2D eigenvalue weighted by atomic mass is 10.1. The molecule has 2 N–H and O–H groups in total. The number of H-pyrrole nitrogens is 1. The molecule has 0 fully saturated rings. The molecule has 0 spiro atoms. The van der Waals surface area contributed by atoms with Gasteiger partial charge in [-0.15, -0.1) is 0 Å². The van der Waals surface area contributed by atoms with Crippen LogP contribution in [0.3, 0.4) is 0 Å². The van der Waals surface area contributed by atoms with E-state index in [0.717, 1.165) is 11.8 Å². The molecule has 0 aliphatic carbocycles. The average molecular weight is 255 g/mol. The van der Waals surface area contributed by atoms with Gasteiger partial charge in [0, 0.05) is 25.0 Å². The smallest absolute Gasteiger partial charge is 0.307 e. The standard InChI is InChI=1S/C12H12F3N3/c13-12(14,15)11-4-2-1-3-9(11)7-16-8-10-5-6-17-18-10/h1-6,16H,7-8H2,(H,17,18). The second-order valence-corrected chi connectivity index (χ2v) is 3.84. The van der Waals surface area contributed by atoms with Crippen molar-refractivity contribution in [1.82, 2.24) is 15.5 Å². The minimum absolute atomic E-state index is 0.161. The molecular weight excluding hydrogens is 243 g/mol. The SMILES string of the molecule is FC(F)(F)c1ccccc1CNCc1ccn[nH]1. The van der Waals surface area contributed by atoms with Crippen LogP contribution in [0.15, 0.2) is 36.5 Å². The lowest BCUT2D eigenvalue weighted by molar-refractivity contribution is -0.138. The van der Waals surface area contributed by atoms with Gasteiger partial charge in [-0.3, -0.25) is 5.10 Å². The van der Waals surface area contributed by atoms with Gasteiger partial charge in [0.05, 0.1) is 5.56 Å². The number of rotatable bonds is 4. The van der Waals surface area contributed by atoms with Crippen LogP contribution in [0.1, 0.15) is 16.8 Å². The largest absolute Gasteiger partial charge is 0.416 e. The van der Waals surface area contributed by atoms with E-state index >= 15 is 0 Å². The highest BCUT2D eigenvalue weighted by Crippen LogP contribution is 2.31. The van der Waals surface area contributed by atoms with Crippen LogP contribution in [-0.2, 0) is 19.3 Å². The Morgan fingerprint density at radius 3 is 2.56 bits per heavy atom. The Morgan fingerprint density at radius 2 is 1.89 bits per heavy atom. The summed E-state index contributed by atoms with van der Waals surface area (Å²) in [5, 5.41) is 9.44. The molecule has 1 aromatic carbocycles. The van der Waals surface area contributed by atoms with Crippen LogP contribution in [0, 0.1) is 0 Å². The Labute approximate surface area is 102 Å². The molecule has 2 aromatic rings. The number of aromatic amines is 1. The molecule has 0 saturated carbocycles. The molecule has 6 heteroatoms. The van der Waals surface area contributed by atoms with Gasteiger partial charge in [-0.2, -0.15) is 18.3 Å². The van der Waals surface area contributed by atoms with Gasteiger partial charge in [-0.05, 0) is 17.7 Å². The fraction of sp³-hybridized carbons (Fsp3) is 0.250. The van der Waals surface area contributed by atoms with Gasteiger partial charge in [0.2, 0.25) is 0 Å². The van der Waals surface area contributed by atoms with Crippen LogP contribution in [0.4, 0.5) is 13.2 Å². The van der Waals surface area contributed by atoms with E-state index in [1.54, 1.807) is 18.3 Å². The maximum absolute atomic E-state index is 12.7. The molecule has 0 amide bonds. The first kappa shape index (κ1) is 12.6. The summed E-state index contributed by atoms with van der Waals surface area (Å²) in [6.45, 7) is 0.612. The van der Waals surface area contributed by atoms with Crippen molar-refractivity contribution in [3.63, 3.8) is 0 Å². The lowest BCUT2D eigenvalue weighted by Crippen LogP contribution is -2.17. The maximum atomic E-state index is 12.7. The van der Waals surface area contributed by atoms with Gasteiger partial charge in [0.1, 0.15) is 0 Å². The second kappa shape index (κ2) is 5.22. The number of benzene rings is 1. The average Bonchev–Trinajstić information content (AvgIpc) is 2.81. The lowest BCUT2D eigenvalue weighted by Gasteiger charge is -2.12. The van der Waals surface area contributed by atoms with Gasteiger partial charge in [-0.1, -0.05) is 18.2 Å². The van der Waals surface area contributed by atoms with E-state index < -0.39 is 11.7 Å². The number of nitrogens with one attached hydrogen (secondary N) is 2. The highest BCUT2D eigenvalue weighted by atomic mass is 19.4. The van der Waals surface area contributed by atoms with Crippen molar-refractivity contribution in [1.29, 1.82) is 0 Å². The first-order chi connectivity index (χ1) is 8.57. The number of hydrogen-bond acceptors (Lipinski definition) is 2. The topological polar surface area (TPSA) is 40.7 Å². The molecule has 3 nitrogen and oxygen atoms in total. The third kappa shape index (κ3) is 3.10. The fourth-order valence-electron chi connectivity index (χ4n) is 1.67. The molecule has 1 aromatic heterocycles. The van der Waals surface area contributed by atoms with Crippen LogP contribution in [0.2, 0.25) is 0 Å². The van der Waals surface area contributed by atoms with Crippen molar-refractivity contribution >= 4 is 0 Å². The van der Waals surface area contributed by atoms with Crippen molar-refractivity contribution in [3.05, 3.63) is 53.3 Å². The monoisotopic (exact) mass is 255 g/mol. The summed E-state index contributed by atoms with van der Waals surface area (Å²) in [5.74, 6) is 0. The zero-order valence-corrected chi connectivity index (χ0v) is 9.46. The van der Waals surface area contributed by atoms with Crippen LogP contribution >= 0.6 is 0 Å². The molecule has 0 unspecified atom stereocenters. The Hall–Kier alpha value is -1.82. The van der Waals surface area contributed by atoms with Gasteiger partial charge in [-0.25, -0.2) is 0 Å². The van der Waals surface area contributed by atoms with E-state index in [9.17, 15) is 13.2 Å². The molecule has 1 heterocycles. The summed E-state index contributed by atoms with van der Waals surface area (Å²) in [7, 11) is 0. The maximum Gasteiger partial charge on any atom is 0.416 e. The molecular formula is C12H12F3N3. The first-order valence-corrected chi connectivity index (χ1v) is 5.41. The molecule has 96 valence electrons. The summed E-state index contributed by atoms with van der Waals surface area (Å²) in [5.41, 5.74) is 0.478. The Kier molecular flexibility index (Phi) is 3.66. The summed E-state index contributed by atoms with van der Waals surface area (Å²) < 4.78 is 38.1. The van der Waals surface area contributed by atoms with Crippen LogP contribution in [-0.4, -0.2) is 10.2 Å². The zero-order chi connectivity index (χ0) is 13.0. The highest BCUT2D eigenvalue weighted by molar-refractivity contribution is 5.29. The zero-order valence-electron chi connectivity index (χ0n) is 9.46. The number of nitrogens with zero attached hydrogens (tertiary/aromatic N) is 1. The Bertz CT molecular complexity index is 492. The van der Waals surface area contributed by atoms with Crippen molar-refractivity contribution < 1.29 is 13.2 Å². The predicted molar refractivity (Wildman–Crippen MR) is 60.6 cm³/mol. The van der Waals surface area contributed by atoms with Crippen molar-refractivity contribution in [2.75, 3.05) is 0 Å². The van der Waals surface area contributed by atoms with Gasteiger partial charge in [0.15, 0.2) is 0 Å². The quantitative estimate of drug-likeness (QED) is 0.881. The Balaban J connectivity index is 2.01. The van der Waals surface area contributed by atoms with Crippen molar-refractivity contribution in [2.24, 2.45) is 0 Å². The van der Waals surface area contributed by atoms with Crippen LogP contribution < -0.4 is 5.32 Å². The number of aromatic nitrogens is 2. The van der Waals surface area contributed by atoms with Gasteiger partial charge >= 0.3 is 6.18 Å². The normalized spacial score (nSPS) is 11.7. The number of hydrogen-bond donors (Lipinski definition) is 2. The van der Waals surface area contributed by atoms with E-state index in [1.165, 1.54) is 12.1 Å². The highest BCUT2D eigenvalue weighted by Gasteiger charge is 2.32. The first-order valence-electron chi connectivity index (χ1n) is 5.41. The van der Waals surface area contributed by atoms with E-state index in [0.29, 0.717) is 6.54 Å². The summed E-state index contributed by atoms with van der Waals surface area (Å²) in [4.78, 5) is 0.